The Bertz CT molecular complexity index is 1090. The molecule has 0 aliphatic heterocycles. The van der Waals surface area contributed by atoms with Crippen molar-refractivity contribution >= 4 is 34.3 Å². The Morgan fingerprint density at radius 1 is 1.11 bits per heavy atom. The number of aryl methyl sites for hydroxylation is 1. The predicted molar refractivity (Wildman–Crippen MR) is 101 cm³/mol. The molecule has 1 amide bonds. The minimum Gasteiger partial charge on any atom is -0.447 e. The molecular formula is C21H18FNO5. The number of nitrogens with one attached hydrogen (secondary N) is 1. The number of ketones is 1. The third kappa shape index (κ3) is 3.64. The molecule has 0 aliphatic carbocycles. The number of furan rings is 1. The van der Waals surface area contributed by atoms with Crippen molar-refractivity contribution in [1.29, 1.82) is 0 Å². The molecule has 1 heterocycles. The van der Waals surface area contributed by atoms with Gasteiger partial charge in [-0.15, -0.1) is 0 Å². The number of para-hydroxylation sites is 2. The number of rotatable bonds is 5. The minimum absolute atomic E-state index is 0.0422. The molecule has 0 bridgehead atoms. The van der Waals surface area contributed by atoms with Gasteiger partial charge in [0.25, 0.3) is 5.91 Å². The van der Waals surface area contributed by atoms with E-state index in [1.54, 1.807) is 37.3 Å². The summed E-state index contributed by atoms with van der Waals surface area (Å²) in [5.41, 5.74) is 1.05. The van der Waals surface area contributed by atoms with Crippen LogP contribution >= 0.6 is 0 Å². The van der Waals surface area contributed by atoms with Gasteiger partial charge in [-0.2, -0.15) is 0 Å². The molecule has 1 aromatic heterocycles. The van der Waals surface area contributed by atoms with E-state index in [0.29, 0.717) is 22.2 Å². The number of hydrogen-bond acceptors (Lipinski definition) is 5. The first-order valence-electron chi connectivity index (χ1n) is 8.59. The van der Waals surface area contributed by atoms with Gasteiger partial charge in [-0.05, 0) is 39.0 Å². The van der Waals surface area contributed by atoms with Crippen molar-refractivity contribution in [3.63, 3.8) is 0 Å². The zero-order valence-corrected chi connectivity index (χ0v) is 15.5. The summed E-state index contributed by atoms with van der Waals surface area (Å²) in [4.78, 5) is 36.4. The lowest BCUT2D eigenvalue weighted by Crippen LogP contribution is -2.30. The number of ether oxygens (including phenoxy) is 1. The maximum absolute atomic E-state index is 13.8. The molecule has 0 fully saturated rings. The molecular weight excluding hydrogens is 365 g/mol. The Labute approximate surface area is 160 Å². The Hall–Kier alpha value is -3.48. The number of carbonyl (C=O) groups is 3. The monoisotopic (exact) mass is 383 g/mol. The van der Waals surface area contributed by atoms with Crippen molar-refractivity contribution in [2.45, 2.75) is 26.9 Å². The van der Waals surface area contributed by atoms with Gasteiger partial charge in [0.1, 0.15) is 0 Å². The van der Waals surface area contributed by atoms with Gasteiger partial charge in [0, 0.05) is 16.5 Å². The number of amides is 1. The van der Waals surface area contributed by atoms with E-state index in [9.17, 15) is 18.8 Å². The van der Waals surface area contributed by atoms with Gasteiger partial charge in [-0.25, -0.2) is 9.18 Å². The van der Waals surface area contributed by atoms with Crippen LogP contribution < -0.4 is 5.32 Å². The fourth-order valence-electron chi connectivity index (χ4n) is 2.80. The number of fused-ring (bicyclic) bond motifs is 1. The average molecular weight is 383 g/mol. The minimum atomic E-state index is -1.16. The van der Waals surface area contributed by atoms with Crippen LogP contribution in [0.15, 0.2) is 46.9 Å². The SMILES string of the molecule is CC(=O)c1ccccc1NC(=O)[C@@H](C)OC(=O)c1oc2c(F)cccc2c1C. The molecule has 1 atom stereocenters. The molecule has 6 nitrogen and oxygen atoms in total. The van der Waals surface area contributed by atoms with Gasteiger partial charge < -0.3 is 14.5 Å². The topological polar surface area (TPSA) is 85.6 Å². The Balaban J connectivity index is 1.76. The van der Waals surface area contributed by atoms with Crippen molar-refractivity contribution in [3.8, 4) is 0 Å². The zero-order chi connectivity index (χ0) is 20.4. The van der Waals surface area contributed by atoms with Gasteiger partial charge in [0.2, 0.25) is 5.76 Å². The predicted octanol–water partition coefficient (Wildman–Crippen LogP) is 4.27. The van der Waals surface area contributed by atoms with Crippen molar-refractivity contribution in [2.75, 3.05) is 5.32 Å². The second kappa shape index (κ2) is 7.64. The van der Waals surface area contributed by atoms with Gasteiger partial charge in [0.05, 0.1) is 5.69 Å². The number of hydrogen-bond donors (Lipinski definition) is 1. The molecule has 0 unspecified atom stereocenters. The van der Waals surface area contributed by atoms with E-state index < -0.39 is 23.8 Å². The molecule has 28 heavy (non-hydrogen) atoms. The molecule has 2 aromatic carbocycles. The van der Waals surface area contributed by atoms with Crippen LogP contribution in [0, 0.1) is 12.7 Å². The highest BCUT2D eigenvalue weighted by Crippen LogP contribution is 2.28. The fourth-order valence-corrected chi connectivity index (χ4v) is 2.80. The summed E-state index contributed by atoms with van der Waals surface area (Å²) in [7, 11) is 0. The van der Waals surface area contributed by atoms with Crippen LogP contribution in [-0.4, -0.2) is 23.8 Å². The Morgan fingerprint density at radius 2 is 1.82 bits per heavy atom. The summed E-state index contributed by atoms with van der Waals surface area (Å²) in [6, 6.07) is 10.9. The number of Topliss-reactive ketones (excluding diaryl/α,β-unsaturated/α-hetero) is 1. The Morgan fingerprint density at radius 3 is 2.50 bits per heavy atom. The number of carbonyl (C=O) groups excluding carboxylic acids is 3. The van der Waals surface area contributed by atoms with E-state index in [4.69, 9.17) is 9.15 Å². The summed E-state index contributed by atoms with van der Waals surface area (Å²) in [6.45, 7) is 4.38. The number of esters is 1. The van der Waals surface area contributed by atoms with Crippen LogP contribution in [0.3, 0.4) is 0 Å². The quantitative estimate of drug-likeness (QED) is 0.525. The highest BCUT2D eigenvalue weighted by Gasteiger charge is 2.25. The van der Waals surface area contributed by atoms with Crippen LogP contribution in [0.1, 0.15) is 40.3 Å². The normalized spacial score (nSPS) is 11.9. The molecule has 7 heteroatoms. The molecule has 0 saturated carbocycles. The van der Waals surface area contributed by atoms with E-state index in [1.807, 2.05) is 0 Å². The van der Waals surface area contributed by atoms with Crippen molar-refractivity contribution in [1.82, 2.24) is 0 Å². The molecule has 0 spiro atoms. The van der Waals surface area contributed by atoms with Crippen LogP contribution in [0.5, 0.6) is 0 Å². The Kier molecular flexibility index (Phi) is 5.26. The smallest absolute Gasteiger partial charge is 0.375 e. The lowest BCUT2D eigenvalue weighted by molar-refractivity contribution is -0.123. The number of anilines is 1. The van der Waals surface area contributed by atoms with Crippen LogP contribution in [0.2, 0.25) is 0 Å². The summed E-state index contributed by atoms with van der Waals surface area (Å²) >= 11 is 0. The second-order valence-corrected chi connectivity index (χ2v) is 6.31. The molecule has 1 N–H and O–H groups in total. The molecule has 3 rings (SSSR count). The van der Waals surface area contributed by atoms with E-state index in [-0.39, 0.29) is 17.1 Å². The van der Waals surface area contributed by atoms with E-state index in [0.717, 1.165) is 0 Å². The van der Waals surface area contributed by atoms with Gasteiger partial charge >= 0.3 is 5.97 Å². The standard InChI is InChI=1S/C21H18FNO5/c1-11-14-8-6-9-16(22)19(14)28-18(11)21(26)27-13(3)20(25)23-17-10-5-4-7-15(17)12(2)24/h4-10,13H,1-3H3,(H,23,25)/t13-/m1/s1. The van der Waals surface area contributed by atoms with E-state index >= 15 is 0 Å². The van der Waals surface area contributed by atoms with Crippen LogP contribution in [0.25, 0.3) is 11.0 Å². The maximum Gasteiger partial charge on any atom is 0.375 e. The summed E-state index contributed by atoms with van der Waals surface area (Å²) in [5, 5.41) is 3.03. The van der Waals surface area contributed by atoms with Crippen molar-refractivity contribution < 1.29 is 27.9 Å². The molecule has 0 radical (unpaired) electrons. The lowest BCUT2D eigenvalue weighted by Gasteiger charge is -2.14. The lowest BCUT2D eigenvalue weighted by atomic mass is 10.1. The molecule has 3 aromatic rings. The first-order chi connectivity index (χ1) is 13.3. The second-order valence-electron chi connectivity index (χ2n) is 6.31. The van der Waals surface area contributed by atoms with Gasteiger partial charge in [-0.1, -0.05) is 24.3 Å². The summed E-state index contributed by atoms with van der Waals surface area (Å²) < 4.78 is 24.3. The van der Waals surface area contributed by atoms with Crippen molar-refractivity contribution in [3.05, 3.63) is 65.2 Å². The van der Waals surface area contributed by atoms with Crippen molar-refractivity contribution in [2.24, 2.45) is 0 Å². The van der Waals surface area contributed by atoms with Crippen LogP contribution in [-0.2, 0) is 9.53 Å². The highest BCUT2D eigenvalue weighted by molar-refractivity contribution is 6.05. The average Bonchev–Trinajstić information content (AvgIpc) is 3.00. The first kappa shape index (κ1) is 19.3. The number of halogens is 1. The van der Waals surface area contributed by atoms with Crippen LogP contribution in [0.4, 0.5) is 10.1 Å². The summed E-state index contributed by atoms with van der Waals surface area (Å²) in [6.07, 6.45) is -1.16. The third-order valence-corrected chi connectivity index (χ3v) is 4.32. The first-order valence-corrected chi connectivity index (χ1v) is 8.59. The molecule has 0 saturated heterocycles. The highest BCUT2D eigenvalue weighted by atomic mass is 19.1. The maximum atomic E-state index is 13.8. The van der Waals surface area contributed by atoms with E-state index in [1.165, 1.54) is 26.0 Å². The number of benzene rings is 2. The summed E-state index contributed by atoms with van der Waals surface area (Å²) in [5.74, 6) is -2.45. The third-order valence-electron chi connectivity index (χ3n) is 4.32. The largest absolute Gasteiger partial charge is 0.447 e. The van der Waals surface area contributed by atoms with Gasteiger partial charge in [0.15, 0.2) is 23.3 Å². The fraction of sp³-hybridized carbons (Fsp3) is 0.190. The zero-order valence-electron chi connectivity index (χ0n) is 15.5. The molecule has 144 valence electrons. The molecule has 0 aliphatic rings. The van der Waals surface area contributed by atoms with Gasteiger partial charge in [-0.3, -0.25) is 9.59 Å². The van der Waals surface area contributed by atoms with E-state index in [2.05, 4.69) is 5.32 Å².